The Morgan fingerprint density at radius 3 is 2.82 bits per heavy atom. The van der Waals surface area contributed by atoms with E-state index in [1.54, 1.807) is 0 Å². The number of fused-ring (bicyclic) bond motifs is 2. The molecule has 5 nitrogen and oxygen atoms in total. The first kappa shape index (κ1) is 18.2. The lowest BCUT2D eigenvalue weighted by Crippen LogP contribution is -2.03. The van der Waals surface area contributed by atoms with Crippen molar-refractivity contribution in [3.8, 4) is 0 Å². The Bertz CT molecular complexity index is 1130. The molecule has 0 fully saturated rings. The third-order valence-corrected chi connectivity index (χ3v) is 5.12. The van der Waals surface area contributed by atoms with Gasteiger partial charge in [0.15, 0.2) is 0 Å². The van der Waals surface area contributed by atoms with E-state index in [1.807, 2.05) is 38.5 Å². The highest BCUT2D eigenvalue weighted by molar-refractivity contribution is 5.87. The molecule has 3 heterocycles. The van der Waals surface area contributed by atoms with Crippen LogP contribution in [-0.2, 0) is 6.42 Å². The topological polar surface area (TPSA) is 55.6 Å². The molecule has 0 unspecified atom stereocenters. The monoisotopic (exact) mass is 371 g/mol. The summed E-state index contributed by atoms with van der Waals surface area (Å²) in [4.78, 5) is 14.2. The van der Waals surface area contributed by atoms with Crippen LogP contribution in [0.4, 0.5) is 0 Å². The molecule has 0 amide bonds. The van der Waals surface area contributed by atoms with E-state index in [0.29, 0.717) is 6.04 Å². The van der Waals surface area contributed by atoms with Crippen molar-refractivity contribution in [2.24, 2.45) is 0 Å². The van der Waals surface area contributed by atoms with E-state index >= 15 is 0 Å². The molecule has 0 saturated carbocycles. The van der Waals surface area contributed by atoms with E-state index in [0.717, 1.165) is 57.1 Å². The van der Waals surface area contributed by atoms with Crippen molar-refractivity contribution in [2.75, 3.05) is 7.05 Å². The molecule has 0 atom stereocenters. The highest BCUT2D eigenvalue weighted by atomic mass is 15.1. The van der Waals surface area contributed by atoms with E-state index in [2.05, 4.69) is 53.5 Å². The first-order valence-corrected chi connectivity index (χ1v) is 9.59. The average Bonchev–Trinajstić information content (AvgIpc) is 3.24. The summed E-state index contributed by atoms with van der Waals surface area (Å²) in [6.45, 7) is 10.3. The van der Waals surface area contributed by atoms with Gasteiger partial charge in [-0.15, -0.1) is 0 Å². The standard InChI is InChI=1S/C23H25N5/c1-6-16(12-24-5)19-9-7-17-18(8-10-20(17)27-19)21-11-23-22(13-25-21)26-15(4)28(23)14(2)3/h6-9,11-14,24H,1,10H2,2-5H3/b16-12+. The highest BCUT2D eigenvalue weighted by Gasteiger charge is 2.20. The van der Waals surface area contributed by atoms with Crippen LogP contribution in [0.25, 0.3) is 22.2 Å². The molecular formula is C23H25N5. The number of aromatic nitrogens is 4. The van der Waals surface area contributed by atoms with Crippen molar-refractivity contribution in [3.05, 3.63) is 77.8 Å². The molecule has 0 aliphatic heterocycles. The van der Waals surface area contributed by atoms with Gasteiger partial charge in [0.25, 0.3) is 0 Å². The minimum Gasteiger partial charge on any atom is -0.393 e. The summed E-state index contributed by atoms with van der Waals surface area (Å²) in [5, 5.41) is 3.05. The maximum Gasteiger partial charge on any atom is 0.107 e. The normalized spacial score (nSPS) is 13.8. The van der Waals surface area contributed by atoms with Crippen LogP contribution < -0.4 is 5.32 Å². The maximum absolute atomic E-state index is 4.85. The third-order valence-electron chi connectivity index (χ3n) is 5.12. The molecule has 4 rings (SSSR count). The summed E-state index contributed by atoms with van der Waals surface area (Å²) < 4.78 is 2.26. The molecule has 0 aromatic carbocycles. The number of rotatable bonds is 5. The van der Waals surface area contributed by atoms with Crippen LogP contribution >= 0.6 is 0 Å². The number of allylic oxidation sites excluding steroid dienone is 3. The molecule has 0 spiro atoms. The zero-order chi connectivity index (χ0) is 19.8. The van der Waals surface area contributed by atoms with Gasteiger partial charge in [0.05, 0.1) is 28.8 Å². The maximum atomic E-state index is 4.85. The van der Waals surface area contributed by atoms with Gasteiger partial charge in [-0.3, -0.25) is 9.97 Å². The molecule has 0 radical (unpaired) electrons. The predicted octanol–water partition coefficient (Wildman–Crippen LogP) is 4.45. The average molecular weight is 371 g/mol. The zero-order valence-electron chi connectivity index (χ0n) is 16.8. The van der Waals surface area contributed by atoms with Gasteiger partial charge in [0.1, 0.15) is 11.3 Å². The fourth-order valence-electron chi connectivity index (χ4n) is 3.93. The van der Waals surface area contributed by atoms with Crippen molar-refractivity contribution >= 4 is 22.2 Å². The Morgan fingerprint density at radius 2 is 2.11 bits per heavy atom. The van der Waals surface area contributed by atoms with Crippen LogP contribution in [0, 0.1) is 6.92 Å². The second kappa shape index (κ2) is 7.08. The summed E-state index contributed by atoms with van der Waals surface area (Å²) in [5.41, 5.74) is 8.31. The molecule has 1 aliphatic carbocycles. The van der Waals surface area contributed by atoms with Crippen molar-refractivity contribution in [3.63, 3.8) is 0 Å². The summed E-state index contributed by atoms with van der Waals surface area (Å²) in [7, 11) is 1.88. The van der Waals surface area contributed by atoms with Crippen LogP contribution in [0.5, 0.6) is 0 Å². The van der Waals surface area contributed by atoms with E-state index in [1.165, 1.54) is 0 Å². The number of nitrogens with zero attached hydrogens (tertiary/aromatic N) is 4. The molecule has 28 heavy (non-hydrogen) atoms. The SMILES string of the molecule is C=C/C(=C\NC)c1ccc2c(n1)CC=C2c1cc2c(cn1)nc(C)n2C(C)C. The second-order valence-corrected chi connectivity index (χ2v) is 7.29. The van der Waals surface area contributed by atoms with Gasteiger partial charge in [-0.1, -0.05) is 24.8 Å². The van der Waals surface area contributed by atoms with E-state index in [-0.39, 0.29) is 0 Å². The van der Waals surface area contributed by atoms with Gasteiger partial charge in [-0.25, -0.2) is 4.98 Å². The van der Waals surface area contributed by atoms with Crippen molar-refractivity contribution in [1.82, 2.24) is 24.8 Å². The van der Waals surface area contributed by atoms with Crippen LogP contribution in [0.2, 0.25) is 0 Å². The summed E-state index contributed by atoms with van der Waals surface area (Å²) in [5.74, 6) is 1.02. The first-order chi connectivity index (χ1) is 13.5. The number of aryl methyl sites for hydroxylation is 1. The van der Waals surface area contributed by atoms with Gasteiger partial charge in [0.2, 0.25) is 0 Å². The molecule has 3 aromatic heterocycles. The van der Waals surface area contributed by atoms with Crippen molar-refractivity contribution in [2.45, 2.75) is 33.2 Å². The molecule has 3 aromatic rings. The van der Waals surface area contributed by atoms with Gasteiger partial charge in [-0.2, -0.15) is 0 Å². The Labute approximate surface area is 165 Å². The van der Waals surface area contributed by atoms with E-state index < -0.39 is 0 Å². The number of imidazole rings is 1. The van der Waals surface area contributed by atoms with Crippen LogP contribution in [0.15, 0.2) is 49.3 Å². The number of hydrogen-bond donors (Lipinski definition) is 1. The molecule has 5 heteroatoms. The van der Waals surface area contributed by atoms with Crippen molar-refractivity contribution < 1.29 is 0 Å². The highest BCUT2D eigenvalue weighted by Crippen LogP contribution is 2.33. The molecule has 1 N–H and O–H groups in total. The Balaban J connectivity index is 1.76. The predicted molar refractivity (Wildman–Crippen MR) is 115 cm³/mol. The molecule has 142 valence electrons. The Hall–Kier alpha value is -3.21. The fourth-order valence-corrected chi connectivity index (χ4v) is 3.93. The third kappa shape index (κ3) is 2.93. The van der Waals surface area contributed by atoms with Crippen LogP contribution in [0.3, 0.4) is 0 Å². The van der Waals surface area contributed by atoms with Gasteiger partial charge in [-0.05, 0) is 32.9 Å². The fraction of sp³-hybridized carbons (Fsp3) is 0.261. The molecule has 0 saturated heterocycles. The van der Waals surface area contributed by atoms with Gasteiger partial charge in [0, 0.05) is 42.4 Å². The molecule has 1 aliphatic rings. The minimum absolute atomic E-state index is 0.352. The smallest absolute Gasteiger partial charge is 0.107 e. The molecule has 0 bridgehead atoms. The summed E-state index contributed by atoms with van der Waals surface area (Å²) in [6.07, 6.45) is 8.64. The van der Waals surface area contributed by atoms with E-state index in [4.69, 9.17) is 9.97 Å². The lowest BCUT2D eigenvalue weighted by Gasteiger charge is -2.12. The quantitative estimate of drug-likeness (QED) is 0.673. The zero-order valence-corrected chi connectivity index (χ0v) is 16.8. The molecular weight excluding hydrogens is 346 g/mol. The van der Waals surface area contributed by atoms with E-state index in [9.17, 15) is 0 Å². The Kier molecular flexibility index (Phi) is 4.59. The largest absolute Gasteiger partial charge is 0.393 e. The lowest BCUT2D eigenvalue weighted by atomic mass is 10.0. The summed E-state index contributed by atoms with van der Waals surface area (Å²) in [6, 6.07) is 6.69. The van der Waals surface area contributed by atoms with Crippen LogP contribution in [-0.4, -0.2) is 26.6 Å². The Morgan fingerprint density at radius 1 is 1.29 bits per heavy atom. The lowest BCUT2D eigenvalue weighted by molar-refractivity contribution is 0.600. The van der Waals surface area contributed by atoms with Gasteiger partial charge < -0.3 is 9.88 Å². The number of nitrogens with one attached hydrogen (secondary N) is 1. The van der Waals surface area contributed by atoms with Crippen molar-refractivity contribution in [1.29, 1.82) is 0 Å². The van der Waals surface area contributed by atoms with Gasteiger partial charge >= 0.3 is 0 Å². The minimum atomic E-state index is 0.352. The second-order valence-electron chi connectivity index (χ2n) is 7.29. The van der Waals surface area contributed by atoms with Crippen LogP contribution in [0.1, 0.15) is 48.4 Å². The number of pyridine rings is 2. The number of hydrogen-bond acceptors (Lipinski definition) is 4. The summed E-state index contributed by atoms with van der Waals surface area (Å²) >= 11 is 0. The first-order valence-electron chi connectivity index (χ1n) is 9.59.